The van der Waals surface area contributed by atoms with Crippen LogP contribution >= 0.6 is 0 Å². The Bertz CT molecular complexity index is 567. The second-order valence-electron chi connectivity index (χ2n) is 4.94. The molecule has 1 fully saturated rings. The Labute approximate surface area is 107 Å². The first kappa shape index (κ1) is 11.6. The van der Waals surface area contributed by atoms with Gasteiger partial charge in [-0.2, -0.15) is 0 Å². The van der Waals surface area contributed by atoms with Gasteiger partial charge in [0.25, 0.3) is 0 Å². The molecule has 4 nitrogen and oxygen atoms in total. The van der Waals surface area contributed by atoms with Crippen LogP contribution in [0.5, 0.6) is 0 Å². The molecule has 0 bridgehead atoms. The van der Waals surface area contributed by atoms with Gasteiger partial charge in [-0.25, -0.2) is 9.97 Å². The minimum absolute atomic E-state index is 0.301. The molecular weight excluding hydrogens is 224 g/mol. The normalized spacial score (nSPS) is 21.3. The van der Waals surface area contributed by atoms with Gasteiger partial charge in [0.1, 0.15) is 5.82 Å². The van der Waals surface area contributed by atoms with Gasteiger partial charge in [-0.15, -0.1) is 0 Å². The van der Waals surface area contributed by atoms with Crippen molar-refractivity contribution in [1.82, 2.24) is 20.2 Å². The number of aromatic nitrogens is 2. The van der Waals surface area contributed by atoms with Crippen LogP contribution in [0.3, 0.4) is 0 Å². The van der Waals surface area contributed by atoms with E-state index < -0.39 is 0 Å². The van der Waals surface area contributed by atoms with E-state index in [0.717, 1.165) is 42.1 Å². The lowest BCUT2D eigenvalue weighted by Crippen LogP contribution is -2.44. The van der Waals surface area contributed by atoms with Crippen molar-refractivity contribution in [2.45, 2.75) is 13.0 Å². The summed E-state index contributed by atoms with van der Waals surface area (Å²) in [5.41, 5.74) is 2.17. The highest BCUT2D eigenvalue weighted by atomic mass is 15.2. The molecule has 1 aromatic heterocycles. The second-order valence-corrected chi connectivity index (χ2v) is 4.94. The summed E-state index contributed by atoms with van der Waals surface area (Å²) in [5, 5.41) is 4.72. The van der Waals surface area contributed by atoms with Gasteiger partial charge in [-0.1, -0.05) is 18.2 Å². The largest absolute Gasteiger partial charge is 0.306 e. The van der Waals surface area contributed by atoms with Crippen molar-refractivity contribution < 1.29 is 0 Å². The number of hydrogen-bond donors (Lipinski definition) is 1. The SMILES string of the molecule is Cc1nc(C2CN(C)CCN2)c2ccccc2n1. The number of fused-ring (bicyclic) bond motifs is 1. The molecule has 1 unspecified atom stereocenters. The zero-order valence-corrected chi connectivity index (χ0v) is 10.8. The van der Waals surface area contributed by atoms with Crippen LogP contribution in [0.2, 0.25) is 0 Å². The van der Waals surface area contributed by atoms with Gasteiger partial charge in [-0.05, 0) is 20.0 Å². The molecule has 18 heavy (non-hydrogen) atoms. The minimum atomic E-state index is 0.301. The molecule has 1 aliphatic rings. The highest BCUT2D eigenvalue weighted by Crippen LogP contribution is 2.23. The first-order chi connectivity index (χ1) is 8.74. The molecule has 3 rings (SSSR count). The Hall–Kier alpha value is -1.52. The highest BCUT2D eigenvalue weighted by molar-refractivity contribution is 5.81. The molecule has 0 spiro atoms. The Morgan fingerprint density at radius 3 is 2.94 bits per heavy atom. The fraction of sp³-hybridized carbons (Fsp3) is 0.429. The van der Waals surface area contributed by atoms with E-state index in [-0.39, 0.29) is 0 Å². The van der Waals surface area contributed by atoms with Gasteiger partial charge in [0.2, 0.25) is 0 Å². The van der Waals surface area contributed by atoms with Crippen LogP contribution in [-0.2, 0) is 0 Å². The fourth-order valence-corrected chi connectivity index (χ4v) is 2.57. The quantitative estimate of drug-likeness (QED) is 0.823. The standard InChI is InChI=1S/C14H18N4/c1-10-16-12-6-4-3-5-11(12)14(17-10)13-9-18(2)8-7-15-13/h3-6,13,15H,7-9H2,1-2H3. The monoisotopic (exact) mass is 242 g/mol. The molecule has 2 heterocycles. The molecule has 94 valence electrons. The predicted octanol–water partition coefficient (Wildman–Crippen LogP) is 1.51. The average molecular weight is 242 g/mol. The third-order valence-electron chi connectivity index (χ3n) is 3.45. The number of hydrogen-bond acceptors (Lipinski definition) is 4. The molecule has 1 N–H and O–H groups in total. The summed E-state index contributed by atoms with van der Waals surface area (Å²) in [6.45, 7) is 5.07. The van der Waals surface area contributed by atoms with E-state index >= 15 is 0 Å². The zero-order valence-electron chi connectivity index (χ0n) is 10.8. The van der Waals surface area contributed by atoms with Gasteiger partial charge in [0, 0.05) is 25.0 Å². The Morgan fingerprint density at radius 1 is 1.28 bits per heavy atom. The van der Waals surface area contributed by atoms with Crippen molar-refractivity contribution in [3.05, 3.63) is 35.8 Å². The summed E-state index contributed by atoms with van der Waals surface area (Å²) < 4.78 is 0. The van der Waals surface area contributed by atoms with Crippen molar-refractivity contribution in [3.63, 3.8) is 0 Å². The summed E-state index contributed by atoms with van der Waals surface area (Å²) in [6.07, 6.45) is 0. The number of piperazine rings is 1. The lowest BCUT2D eigenvalue weighted by atomic mass is 10.1. The maximum absolute atomic E-state index is 4.66. The Morgan fingerprint density at radius 2 is 2.11 bits per heavy atom. The number of rotatable bonds is 1. The molecule has 2 aromatic rings. The fourth-order valence-electron chi connectivity index (χ4n) is 2.57. The summed E-state index contributed by atoms with van der Waals surface area (Å²) in [7, 11) is 2.16. The molecule has 4 heteroatoms. The highest BCUT2D eigenvalue weighted by Gasteiger charge is 2.21. The van der Waals surface area contributed by atoms with Crippen LogP contribution < -0.4 is 5.32 Å². The van der Waals surface area contributed by atoms with Crippen LogP contribution in [0.25, 0.3) is 10.9 Å². The Balaban J connectivity index is 2.09. The van der Waals surface area contributed by atoms with E-state index in [4.69, 9.17) is 0 Å². The Kier molecular flexibility index (Phi) is 2.97. The topological polar surface area (TPSA) is 41.1 Å². The summed E-state index contributed by atoms with van der Waals surface area (Å²) >= 11 is 0. The number of nitrogens with zero attached hydrogens (tertiary/aromatic N) is 3. The first-order valence-corrected chi connectivity index (χ1v) is 6.39. The van der Waals surface area contributed by atoms with Gasteiger partial charge in [0.05, 0.1) is 17.3 Å². The van der Waals surface area contributed by atoms with Crippen molar-refractivity contribution >= 4 is 10.9 Å². The minimum Gasteiger partial charge on any atom is -0.306 e. The molecule has 0 saturated carbocycles. The molecule has 1 aromatic carbocycles. The summed E-state index contributed by atoms with van der Waals surface area (Å²) in [5.74, 6) is 0.846. The van der Waals surface area contributed by atoms with Crippen LogP contribution in [0.15, 0.2) is 24.3 Å². The summed E-state index contributed by atoms with van der Waals surface area (Å²) in [6, 6.07) is 8.55. The van der Waals surface area contributed by atoms with E-state index in [0.29, 0.717) is 6.04 Å². The summed E-state index contributed by atoms with van der Waals surface area (Å²) in [4.78, 5) is 11.5. The van der Waals surface area contributed by atoms with Crippen molar-refractivity contribution in [2.75, 3.05) is 26.7 Å². The van der Waals surface area contributed by atoms with Crippen LogP contribution in [-0.4, -0.2) is 41.5 Å². The lowest BCUT2D eigenvalue weighted by Gasteiger charge is -2.31. The number of benzene rings is 1. The number of para-hydroxylation sites is 1. The van der Waals surface area contributed by atoms with Gasteiger partial charge >= 0.3 is 0 Å². The van der Waals surface area contributed by atoms with Crippen LogP contribution in [0.4, 0.5) is 0 Å². The van der Waals surface area contributed by atoms with E-state index in [9.17, 15) is 0 Å². The first-order valence-electron chi connectivity index (χ1n) is 6.39. The van der Waals surface area contributed by atoms with Gasteiger partial charge in [0.15, 0.2) is 0 Å². The average Bonchev–Trinajstić information content (AvgIpc) is 2.37. The van der Waals surface area contributed by atoms with Crippen LogP contribution in [0, 0.1) is 6.92 Å². The van der Waals surface area contributed by atoms with E-state index in [1.165, 1.54) is 0 Å². The van der Waals surface area contributed by atoms with E-state index in [2.05, 4.69) is 45.4 Å². The number of aryl methyl sites for hydroxylation is 1. The maximum Gasteiger partial charge on any atom is 0.126 e. The van der Waals surface area contributed by atoms with Crippen molar-refractivity contribution in [2.24, 2.45) is 0 Å². The third kappa shape index (κ3) is 2.09. The molecule has 0 radical (unpaired) electrons. The second kappa shape index (κ2) is 4.63. The predicted molar refractivity (Wildman–Crippen MR) is 72.5 cm³/mol. The van der Waals surface area contributed by atoms with Crippen molar-refractivity contribution in [1.29, 1.82) is 0 Å². The van der Waals surface area contributed by atoms with Crippen molar-refractivity contribution in [3.8, 4) is 0 Å². The zero-order chi connectivity index (χ0) is 12.5. The number of nitrogens with one attached hydrogen (secondary N) is 1. The van der Waals surface area contributed by atoms with E-state index in [1.807, 2.05) is 13.0 Å². The smallest absolute Gasteiger partial charge is 0.126 e. The maximum atomic E-state index is 4.66. The number of likely N-dealkylation sites (N-methyl/N-ethyl adjacent to an activating group) is 1. The molecule has 1 aliphatic heterocycles. The molecule has 0 aliphatic carbocycles. The third-order valence-corrected chi connectivity index (χ3v) is 3.45. The van der Waals surface area contributed by atoms with Gasteiger partial charge < -0.3 is 10.2 Å². The van der Waals surface area contributed by atoms with Gasteiger partial charge in [-0.3, -0.25) is 0 Å². The van der Waals surface area contributed by atoms with Crippen LogP contribution in [0.1, 0.15) is 17.6 Å². The molecule has 0 amide bonds. The lowest BCUT2D eigenvalue weighted by molar-refractivity contribution is 0.239. The van der Waals surface area contributed by atoms with E-state index in [1.54, 1.807) is 0 Å². The molecular formula is C14H18N4. The molecule has 1 saturated heterocycles. The molecule has 1 atom stereocenters.